The van der Waals surface area contributed by atoms with Crippen molar-refractivity contribution in [1.82, 2.24) is 14.4 Å². The molecule has 0 aliphatic heterocycles. The molecule has 0 bridgehead atoms. The van der Waals surface area contributed by atoms with Gasteiger partial charge in [0.25, 0.3) is 0 Å². The molecule has 22 heavy (non-hydrogen) atoms. The summed E-state index contributed by atoms with van der Waals surface area (Å²) in [5, 5.41) is 0. The molecule has 0 saturated carbocycles. The topological polar surface area (TPSA) is 90.6 Å². The summed E-state index contributed by atoms with van der Waals surface area (Å²) in [6, 6.07) is 7.26. The van der Waals surface area contributed by atoms with E-state index in [1.165, 1.54) is 36.9 Å². The van der Waals surface area contributed by atoms with Crippen LogP contribution in [0, 0.1) is 0 Å². The zero-order valence-corrected chi connectivity index (χ0v) is 12.3. The first kappa shape index (κ1) is 14.2. The number of rotatable bonds is 3. The van der Waals surface area contributed by atoms with Crippen molar-refractivity contribution in [3.8, 4) is 5.75 Å². The summed E-state index contributed by atoms with van der Waals surface area (Å²) in [6.45, 7) is 0. The lowest BCUT2D eigenvalue weighted by Crippen LogP contribution is -2.09. The fourth-order valence-corrected chi connectivity index (χ4v) is 2.55. The zero-order valence-electron chi connectivity index (χ0n) is 11.5. The van der Waals surface area contributed by atoms with Gasteiger partial charge in [0.05, 0.1) is 10.4 Å². The van der Waals surface area contributed by atoms with E-state index in [9.17, 15) is 13.2 Å². The van der Waals surface area contributed by atoms with Gasteiger partial charge in [-0.15, -0.1) is 0 Å². The standard InChI is InChI=1S/C14H11N3O4S/c1-22(19,20)11-4-2-10(3-5-11)21-14(18)13-12-6-7-15-8-17(12)9-16-13/h2-9H,1H3. The maximum atomic E-state index is 12.1. The third-order valence-electron chi connectivity index (χ3n) is 3.00. The lowest BCUT2D eigenvalue weighted by molar-refractivity contribution is 0.0731. The summed E-state index contributed by atoms with van der Waals surface area (Å²) in [6.07, 6.45) is 5.65. The van der Waals surface area contributed by atoms with Crippen molar-refractivity contribution in [2.24, 2.45) is 0 Å². The molecular formula is C14H11N3O4S. The number of hydrogen-bond donors (Lipinski definition) is 0. The van der Waals surface area contributed by atoms with Gasteiger partial charge >= 0.3 is 5.97 Å². The smallest absolute Gasteiger partial charge is 0.364 e. The Kier molecular flexibility index (Phi) is 3.38. The van der Waals surface area contributed by atoms with Crippen LogP contribution in [0.2, 0.25) is 0 Å². The largest absolute Gasteiger partial charge is 0.422 e. The van der Waals surface area contributed by atoms with Gasteiger partial charge in [0, 0.05) is 12.5 Å². The average Bonchev–Trinajstić information content (AvgIpc) is 2.91. The quantitative estimate of drug-likeness (QED) is 0.535. The molecule has 7 nitrogen and oxygen atoms in total. The monoisotopic (exact) mass is 317 g/mol. The lowest BCUT2D eigenvalue weighted by atomic mass is 10.3. The maximum Gasteiger partial charge on any atom is 0.364 e. The molecule has 8 heteroatoms. The minimum absolute atomic E-state index is 0.158. The average molecular weight is 317 g/mol. The summed E-state index contributed by atoms with van der Waals surface area (Å²) in [4.78, 5) is 20.2. The number of sulfone groups is 1. The third-order valence-corrected chi connectivity index (χ3v) is 4.13. The molecule has 0 atom stereocenters. The number of aromatic nitrogens is 3. The molecule has 2 aromatic heterocycles. The van der Waals surface area contributed by atoms with Gasteiger partial charge in [0.1, 0.15) is 18.4 Å². The molecule has 0 amide bonds. The van der Waals surface area contributed by atoms with Crippen LogP contribution < -0.4 is 4.74 Å². The van der Waals surface area contributed by atoms with E-state index in [1.54, 1.807) is 16.7 Å². The number of imidazole rings is 1. The SMILES string of the molecule is CS(=O)(=O)c1ccc(OC(=O)c2ncn3cnccc23)cc1. The number of carbonyl (C=O) groups is 1. The molecule has 0 fully saturated rings. The van der Waals surface area contributed by atoms with Crippen molar-refractivity contribution in [1.29, 1.82) is 0 Å². The van der Waals surface area contributed by atoms with Crippen LogP contribution in [-0.2, 0) is 9.84 Å². The van der Waals surface area contributed by atoms with E-state index in [-0.39, 0.29) is 16.3 Å². The fraction of sp³-hybridized carbons (Fsp3) is 0.0714. The van der Waals surface area contributed by atoms with Gasteiger partial charge in [-0.25, -0.2) is 23.2 Å². The molecule has 3 rings (SSSR count). The van der Waals surface area contributed by atoms with Gasteiger partial charge in [-0.3, -0.25) is 4.40 Å². The molecular weight excluding hydrogens is 306 g/mol. The Hall–Kier alpha value is -2.74. The van der Waals surface area contributed by atoms with E-state index >= 15 is 0 Å². The summed E-state index contributed by atoms with van der Waals surface area (Å²) >= 11 is 0. The first-order valence-corrected chi connectivity index (χ1v) is 8.13. The van der Waals surface area contributed by atoms with Gasteiger partial charge in [-0.1, -0.05) is 0 Å². The Bertz CT molecular complexity index is 946. The molecule has 0 radical (unpaired) electrons. The molecule has 0 spiro atoms. The number of fused-ring (bicyclic) bond motifs is 1. The van der Waals surface area contributed by atoms with Gasteiger partial charge in [0.15, 0.2) is 15.5 Å². The highest BCUT2D eigenvalue weighted by molar-refractivity contribution is 7.90. The molecule has 0 aliphatic carbocycles. The minimum Gasteiger partial charge on any atom is -0.422 e. The summed E-state index contributed by atoms with van der Waals surface area (Å²) in [5.41, 5.74) is 0.738. The van der Waals surface area contributed by atoms with Gasteiger partial charge < -0.3 is 4.74 Å². The van der Waals surface area contributed by atoms with Crippen molar-refractivity contribution in [3.63, 3.8) is 0 Å². The minimum atomic E-state index is -3.28. The number of carbonyl (C=O) groups excluding carboxylic acids is 1. The highest BCUT2D eigenvalue weighted by atomic mass is 32.2. The third kappa shape index (κ3) is 2.68. The van der Waals surface area contributed by atoms with Crippen LogP contribution in [0.1, 0.15) is 10.5 Å². The zero-order chi connectivity index (χ0) is 15.7. The predicted molar refractivity (Wildman–Crippen MR) is 77.5 cm³/mol. The van der Waals surface area contributed by atoms with E-state index in [0.29, 0.717) is 5.52 Å². The van der Waals surface area contributed by atoms with Crippen molar-refractivity contribution < 1.29 is 17.9 Å². The Balaban J connectivity index is 1.85. The van der Waals surface area contributed by atoms with Crippen LogP contribution in [0.4, 0.5) is 0 Å². The second-order valence-electron chi connectivity index (χ2n) is 4.60. The molecule has 0 unspecified atom stereocenters. The molecule has 3 aromatic rings. The van der Waals surface area contributed by atoms with Crippen LogP contribution in [0.5, 0.6) is 5.75 Å². The van der Waals surface area contributed by atoms with Crippen LogP contribution in [0.3, 0.4) is 0 Å². The molecule has 112 valence electrons. The Morgan fingerprint density at radius 3 is 2.55 bits per heavy atom. The lowest BCUT2D eigenvalue weighted by Gasteiger charge is -2.04. The molecule has 0 saturated heterocycles. The Morgan fingerprint density at radius 2 is 1.86 bits per heavy atom. The van der Waals surface area contributed by atoms with Gasteiger partial charge in [-0.05, 0) is 30.3 Å². The highest BCUT2D eigenvalue weighted by Crippen LogP contribution is 2.18. The second kappa shape index (κ2) is 5.23. The summed E-state index contributed by atoms with van der Waals surface area (Å²) in [7, 11) is -3.28. The molecule has 2 heterocycles. The van der Waals surface area contributed by atoms with E-state index in [1.807, 2.05) is 0 Å². The summed E-state index contributed by atoms with van der Waals surface area (Å²) < 4.78 is 29.6. The van der Waals surface area contributed by atoms with Gasteiger partial charge in [-0.2, -0.15) is 0 Å². The van der Waals surface area contributed by atoms with E-state index in [0.717, 1.165) is 6.26 Å². The van der Waals surface area contributed by atoms with Crippen LogP contribution in [0.25, 0.3) is 5.52 Å². The van der Waals surface area contributed by atoms with Crippen molar-refractivity contribution in [2.75, 3.05) is 6.26 Å². The van der Waals surface area contributed by atoms with E-state index in [4.69, 9.17) is 4.74 Å². The van der Waals surface area contributed by atoms with E-state index < -0.39 is 15.8 Å². The Labute approximate surface area is 126 Å². The number of esters is 1. The molecule has 0 N–H and O–H groups in total. The number of hydrogen-bond acceptors (Lipinski definition) is 6. The fourth-order valence-electron chi connectivity index (χ4n) is 1.92. The predicted octanol–water partition coefficient (Wildman–Crippen LogP) is 1.35. The van der Waals surface area contributed by atoms with Crippen molar-refractivity contribution in [2.45, 2.75) is 4.90 Å². The second-order valence-corrected chi connectivity index (χ2v) is 6.61. The maximum absolute atomic E-state index is 12.1. The van der Waals surface area contributed by atoms with Crippen LogP contribution in [-0.4, -0.2) is 35.0 Å². The highest BCUT2D eigenvalue weighted by Gasteiger charge is 2.16. The Morgan fingerprint density at radius 1 is 1.14 bits per heavy atom. The summed E-state index contributed by atoms with van der Waals surface area (Å²) in [5.74, 6) is -0.381. The normalized spacial score (nSPS) is 11.5. The molecule has 1 aromatic carbocycles. The molecule has 0 aliphatic rings. The van der Waals surface area contributed by atoms with Crippen LogP contribution >= 0.6 is 0 Å². The van der Waals surface area contributed by atoms with Crippen molar-refractivity contribution in [3.05, 3.63) is 54.9 Å². The number of ether oxygens (including phenoxy) is 1. The van der Waals surface area contributed by atoms with Crippen molar-refractivity contribution >= 4 is 21.3 Å². The first-order valence-electron chi connectivity index (χ1n) is 6.24. The van der Waals surface area contributed by atoms with Gasteiger partial charge in [0.2, 0.25) is 0 Å². The number of nitrogens with zero attached hydrogens (tertiary/aromatic N) is 3. The first-order chi connectivity index (χ1) is 10.4. The van der Waals surface area contributed by atoms with Crippen LogP contribution in [0.15, 0.2) is 54.1 Å². The number of benzene rings is 1. The van der Waals surface area contributed by atoms with E-state index in [2.05, 4.69) is 9.97 Å².